The molecule has 20 heavy (non-hydrogen) atoms. The SMILES string of the molecule is O=C(c1ccc(Br)s1)c1cc2c(cc1Cl)OCCCO2. The van der Waals surface area contributed by atoms with Crippen molar-refractivity contribution in [3.63, 3.8) is 0 Å². The maximum atomic E-state index is 12.5. The first-order chi connectivity index (χ1) is 9.65. The van der Waals surface area contributed by atoms with E-state index >= 15 is 0 Å². The maximum absolute atomic E-state index is 12.5. The molecule has 0 aliphatic carbocycles. The summed E-state index contributed by atoms with van der Waals surface area (Å²) in [5, 5.41) is 0.378. The summed E-state index contributed by atoms with van der Waals surface area (Å²) in [6.45, 7) is 1.17. The molecule has 0 saturated carbocycles. The molecule has 0 spiro atoms. The Bertz CT molecular complexity index is 668. The molecule has 0 unspecified atom stereocenters. The van der Waals surface area contributed by atoms with E-state index < -0.39 is 0 Å². The molecule has 0 atom stereocenters. The molecule has 3 nitrogen and oxygen atoms in total. The van der Waals surface area contributed by atoms with Crippen LogP contribution >= 0.6 is 38.9 Å². The number of ketones is 1. The lowest BCUT2D eigenvalue weighted by atomic mass is 10.1. The van der Waals surface area contributed by atoms with E-state index in [2.05, 4.69) is 15.9 Å². The second-order valence-electron chi connectivity index (χ2n) is 4.26. The Balaban J connectivity index is 2.01. The fourth-order valence-corrected chi connectivity index (χ4v) is 3.51. The van der Waals surface area contributed by atoms with Gasteiger partial charge in [-0.05, 0) is 34.1 Å². The number of thiophene rings is 1. The number of ether oxygens (including phenoxy) is 2. The number of carbonyl (C=O) groups is 1. The van der Waals surface area contributed by atoms with Gasteiger partial charge in [0, 0.05) is 18.1 Å². The van der Waals surface area contributed by atoms with Crippen LogP contribution in [0.4, 0.5) is 0 Å². The van der Waals surface area contributed by atoms with Gasteiger partial charge in [0.25, 0.3) is 0 Å². The zero-order valence-electron chi connectivity index (χ0n) is 10.3. The first-order valence-electron chi connectivity index (χ1n) is 6.04. The lowest BCUT2D eigenvalue weighted by molar-refractivity contribution is 0.104. The molecule has 1 aliphatic heterocycles. The molecule has 6 heteroatoms. The van der Waals surface area contributed by atoms with Gasteiger partial charge in [-0.25, -0.2) is 0 Å². The van der Waals surface area contributed by atoms with Gasteiger partial charge in [0.2, 0.25) is 5.78 Å². The van der Waals surface area contributed by atoms with Crippen molar-refractivity contribution in [2.75, 3.05) is 13.2 Å². The Labute approximate surface area is 133 Å². The van der Waals surface area contributed by atoms with Crippen LogP contribution in [0.2, 0.25) is 5.02 Å². The van der Waals surface area contributed by atoms with E-state index in [1.807, 2.05) is 6.07 Å². The van der Waals surface area contributed by atoms with Gasteiger partial charge < -0.3 is 9.47 Å². The zero-order chi connectivity index (χ0) is 14.1. The van der Waals surface area contributed by atoms with E-state index in [-0.39, 0.29) is 5.78 Å². The minimum Gasteiger partial charge on any atom is -0.490 e. The lowest BCUT2D eigenvalue weighted by Crippen LogP contribution is -2.01. The Morgan fingerprint density at radius 1 is 1.20 bits per heavy atom. The Morgan fingerprint density at radius 2 is 1.90 bits per heavy atom. The molecule has 0 N–H and O–H groups in total. The summed E-state index contributed by atoms with van der Waals surface area (Å²) in [6.07, 6.45) is 0.813. The molecule has 0 amide bonds. The number of hydrogen-bond donors (Lipinski definition) is 0. The molecule has 2 heterocycles. The number of hydrogen-bond acceptors (Lipinski definition) is 4. The Morgan fingerprint density at radius 3 is 2.55 bits per heavy atom. The molecule has 104 valence electrons. The van der Waals surface area contributed by atoms with Gasteiger partial charge in [0.05, 0.1) is 26.9 Å². The highest BCUT2D eigenvalue weighted by atomic mass is 79.9. The minimum absolute atomic E-state index is 0.110. The minimum atomic E-state index is -0.110. The lowest BCUT2D eigenvalue weighted by Gasteiger charge is -2.10. The molecule has 1 aromatic heterocycles. The van der Waals surface area contributed by atoms with Crippen molar-refractivity contribution in [1.82, 2.24) is 0 Å². The van der Waals surface area contributed by atoms with Crippen molar-refractivity contribution < 1.29 is 14.3 Å². The number of fused-ring (bicyclic) bond motifs is 1. The Kier molecular flexibility index (Phi) is 4.01. The van der Waals surface area contributed by atoms with E-state index in [1.165, 1.54) is 11.3 Å². The van der Waals surface area contributed by atoms with Crippen LogP contribution in [0.15, 0.2) is 28.1 Å². The molecule has 1 aromatic carbocycles. The fourth-order valence-electron chi connectivity index (χ4n) is 1.93. The van der Waals surface area contributed by atoms with Crippen molar-refractivity contribution in [1.29, 1.82) is 0 Å². The number of rotatable bonds is 2. The molecular formula is C14H10BrClO3S. The van der Waals surface area contributed by atoms with Gasteiger partial charge in [-0.2, -0.15) is 0 Å². The monoisotopic (exact) mass is 372 g/mol. The third kappa shape index (κ3) is 2.71. The number of halogens is 2. The summed E-state index contributed by atoms with van der Waals surface area (Å²) in [4.78, 5) is 13.1. The molecule has 0 radical (unpaired) electrons. The summed E-state index contributed by atoms with van der Waals surface area (Å²) in [5.41, 5.74) is 0.435. The summed E-state index contributed by atoms with van der Waals surface area (Å²) in [5.74, 6) is 1.06. The van der Waals surface area contributed by atoms with Gasteiger partial charge in [-0.1, -0.05) is 11.6 Å². The Hall–Kier alpha value is -1.04. The van der Waals surface area contributed by atoms with Gasteiger partial charge in [0.15, 0.2) is 11.5 Å². The van der Waals surface area contributed by atoms with E-state index in [0.29, 0.717) is 40.2 Å². The molecule has 0 saturated heterocycles. The fraction of sp³-hybridized carbons (Fsp3) is 0.214. The third-order valence-corrected chi connectivity index (χ3v) is 4.81. The van der Waals surface area contributed by atoms with Gasteiger partial charge in [-0.3, -0.25) is 4.79 Å². The molecule has 0 bridgehead atoms. The summed E-state index contributed by atoms with van der Waals surface area (Å²) < 4.78 is 12.1. The predicted octanol–water partition coefficient (Wildman–Crippen LogP) is 4.56. The van der Waals surface area contributed by atoms with Crippen LogP contribution in [0.3, 0.4) is 0 Å². The van der Waals surface area contributed by atoms with Crippen LogP contribution in [-0.2, 0) is 0 Å². The number of carbonyl (C=O) groups excluding carboxylic acids is 1. The van der Waals surface area contributed by atoms with Crippen LogP contribution in [0, 0.1) is 0 Å². The zero-order valence-corrected chi connectivity index (χ0v) is 13.5. The molecule has 1 aliphatic rings. The van der Waals surface area contributed by atoms with Crippen LogP contribution in [0.1, 0.15) is 21.7 Å². The second-order valence-corrected chi connectivity index (χ2v) is 7.13. The van der Waals surface area contributed by atoms with Crippen molar-refractivity contribution in [3.05, 3.63) is 43.5 Å². The van der Waals surface area contributed by atoms with Crippen LogP contribution < -0.4 is 9.47 Å². The van der Waals surface area contributed by atoms with Crippen molar-refractivity contribution in [2.24, 2.45) is 0 Å². The predicted molar refractivity (Wildman–Crippen MR) is 82.5 cm³/mol. The first-order valence-corrected chi connectivity index (χ1v) is 8.03. The molecule has 0 fully saturated rings. The normalized spacial score (nSPS) is 13.9. The van der Waals surface area contributed by atoms with Gasteiger partial charge >= 0.3 is 0 Å². The van der Waals surface area contributed by atoms with Crippen molar-refractivity contribution >= 4 is 44.7 Å². The second kappa shape index (κ2) is 5.76. The average Bonchev–Trinajstić information content (AvgIpc) is 2.73. The molecule has 3 rings (SSSR count). The standard InChI is InChI=1S/C14H10BrClO3S/c15-13-3-2-12(20-13)14(17)8-6-10-11(7-9(8)16)19-5-1-4-18-10/h2-3,6-7H,1,4-5H2. The van der Waals surface area contributed by atoms with Crippen molar-refractivity contribution in [3.8, 4) is 11.5 Å². The van der Waals surface area contributed by atoms with E-state index in [1.54, 1.807) is 18.2 Å². The highest BCUT2D eigenvalue weighted by Gasteiger charge is 2.20. The smallest absolute Gasteiger partial charge is 0.204 e. The van der Waals surface area contributed by atoms with E-state index in [9.17, 15) is 4.79 Å². The maximum Gasteiger partial charge on any atom is 0.204 e. The topological polar surface area (TPSA) is 35.5 Å². The van der Waals surface area contributed by atoms with Crippen molar-refractivity contribution in [2.45, 2.75) is 6.42 Å². The highest BCUT2D eigenvalue weighted by Crippen LogP contribution is 2.36. The van der Waals surface area contributed by atoms with Gasteiger partial charge in [0.1, 0.15) is 0 Å². The molecular weight excluding hydrogens is 364 g/mol. The number of benzene rings is 1. The summed E-state index contributed by atoms with van der Waals surface area (Å²) in [6, 6.07) is 6.93. The molecule has 2 aromatic rings. The third-order valence-electron chi connectivity index (χ3n) is 2.88. The van der Waals surface area contributed by atoms with E-state index in [0.717, 1.165) is 10.2 Å². The summed E-state index contributed by atoms with van der Waals surface area (Å²) >= 11 is 10.9. The highest BCUT2D eigenvalue weighted by molar-refractivity contribution is 9.11. The first kappa shape index (κ1) is 13.9. The average molecular weight is 374 g/mol. The van der Waals surface area contributed by atoms with Crippen LogP contribution in [0.25, 0.3) is 0 Å². The quantitative estimate of drug-likeness (QED) is 0.724. The van der Waals surface area contributed by atoms with Gasteiger partial charge in [-0.15, -0.1) is 11.3 Å². The van der Waals surface area contributed by atoms with Crippen LogP contribution in [0.5, 0.6) is 11.5 Å². The van der Waals surface area contributed by atoms with E-state index in [4.69, 9.17) is 21.1 Å². The van der Waals surface area contributed by atoms with Crippen LogP contribution in [-0.4, -0.2) is 19.0 Å². The summed E-state index contributed by atoms with van der Waals surface area (Å²) in [7, 11) is 0. The largest absolute Gasteiger partial charge is 0.490 e.